The van der Waals surface area contributed by atoms with Crippen LogP contribution in [0.2, 0.25) is 0 Å². The average molecular weight is 167 g/mol. The standard InChI is InChI=1S/C8H9NO3/c1-5(2)8(12)9-6(10)3-4-7(9)11/h3-5H,1-2H3. The molecule has 1 heterocycles. The first-order valence-electron chi connectivity index (χ1n) is 3.64. The van der Waals surface area contributed by atoms with Crippen molar-refractivity contribution in [2.24, 2.45) is 5.92 Å². The van der Waals surface area contributed by atoms with E-state index in [1.165, 1.54) is 0 Å². The molecular weight excluding hydrogens is 158 g/mol. The largest absolute Gasteiger partial charge is 0.274 e. The summed E-state index contributed by atoms with van der Waals surface area (Å²) in [5.74, 6) is -1.87. The fourth-order valence-corrected chi connectivity index (χ4v) is 0.876. The number of rotatable bonds is 1. The van der Waals surface area contributed by atoms with Crippen LogP contribution >= 0.6 is 0 Å². The zero-order valence-electron chi connectivity index (χ0n) is 6.90. The number of carbonyl (C=O) groups excluding carboxylic acids is 3. The maximum atomic E-state index is 11.2. The van der Waals surface area contributed by atoms with Gasteiger partial charge in [-0.3, -0.25) is 14.4 Å². The Morgan fingerprint density at radius 1 is 1.25 bits per heavy atom. The second-order valence-corrected chi connectivity index (χ2v) is 2.84. The van der Waals surface area contributed by atoms with Crippen molar-refractivity contribution in [2.45, 2.75) is 13.8 Å². The lowest BCUT2D eigenvalue weighted by Gasteiger charge is -2.13. The highest BCUT2D eigenvalue weighted by molar-refractivity contribution is 6.22. The van der Waals surface area contributed by atoms with Crippen molar-refractivity contribution in [1.82, 2.24) is 4.90 Å². The Balaban J connectivity index is 2.84. The summed E-state index contributed by atoms with van der Waals surface area (Å²) in [6, 6.07) is 0. The molecule has 4 heteroatoms. The van der Waals surface area contributed by atoms with E-state index in [1.54, 1.807) is 13.8 Å². The number of amides is 3. The predicted molar refractivity (Wildman–Crippen MR) is 40.8 cm³/mol. The van der Waals surface area contributed by atoms with Gasteiger partial charge in [0, 0.05) is 18.1 Å². The van der Waals surface area contributed by atoms with Crippen LogP contribution in [-0.4, -0.2) is 22.6 Å². The average Bonchev–Trinajstić information content (AvgIpc) is 2.30. The smallest absolute Gasteiger partial charge is 0.260 e. The molecule has 0 saturated carbocycles. The minimum atomic E-state index is -0.543. The van der Waals surface area contributed by atoms with Crippen molar-refractivity contribution >= 4 is 17.7 Å². The minimum Gasteiger partial charge on any atom is -0.274 e. The second kappa shape index (κ2) is 2.89. The molecule has 12 heavy (non-hydrogen) atoms. The van der Waals surface area contributed by atoms with Crippen LogP contribution in [0.5, 0.6) is 0 Å². The fourth-order valence-electron chi connectivity index (χ4n) is 0.876. The molecule has 0 unspecified atom stereocenters. The van der Waals surface area contributed by atoms with Gasteiger partial charge >= 0.3 is 0 Å². The van der Waals surface area contributed by atoms with E-state index in [1.807, 2.05) is 0 Å². The second-order valence-electron chi connectivity index (χ2n) is 2.84. The first-order valence-corrected chi connectivity index (χ1v) is 3.64. The van der Waals surface area contributed by atoms with Crippen molar-refractivity contribution in [2.75, 3.05) is 0 Å². The van der Waals surface area contributed by atoms with Gasteiger partial charge in [-0.15, -0.1) is 0 Å². The molecule has 0 saturated heterocycles. The SMILES string of the molecule is CC(C)C(=O)N1C(=O)C=CC1=O. The van der Waals surface area contributed by atoms with Gasteiger partial charge in [0.15, 0.2) is 0 Å². The van der Waals surface area contributed by atoms with Gasteiger partial charge in [-0.25, -0.2) is 4.90 Å². The maximum absolute atomic E-state index is 11.2. The van der Waals surface area contributed by atoms with E-state index in [9.17, 15) is 14.4 Å². The van der Waals surface area contributed by atoms with Gasteiger partial charge in [-0.2, -0.15) is 0 Å². The molecule has 1 rings (SSSR count). The Labute approximate surface area is 69.8 Å². The Hall–Kier alpha value is -1.45. The summed E-state index contributed by atoms with van der Waals surface area (Å²) in [6.07, 6.45) is 2.20. The van der Waals surface area contributed by atoms with Gasteiger partial charge in [0.25, 0.3) is 11.8 Å². The van der Waals surface area contributed by atoms with Crippen molar-refractivity contribution in [1.29, 1.82) is 0 Å². The molecule has 0 aromatic rings. The van der Waals surface area contributed by atoms with Crippen LogP contribution in [0.15, 0.2) is 12.2 Å². The van der Waals surface area contributed by atoms with Gasteiger partial charge in [0.05, 0.1) is 0 Å². The molecule has 0 aromatic heterocycles. The van der Waals surface area contributed by atoms with Gasteiger partial charge in [-0.05, 0) is 0 Å². The van der Waals surface area contributed by atoms with E-state index in [0.29, 0.717) is 4.90 Å². The molecule has 4 nitrogen and oxygen atoms in total. The quantitative estimate of drug-likeness (QED) is 0.520. The first-order chi connectivity index (χ1) is 5.54. The van der Waals surface area contributed by atoms with Gasteiger partial charge < -0.3 is 0 Å². The van der Waals surface area contributed by atoms with Gasteiger partial charge in [0.1, 0.15) is 0 Å². The third-order valence-electron chi connectivity index (χ3n) is 1.52. The third kappa shape index (κ3) is 1.28. The number of hydrogen-bond donors (Lipinski definition) is 0. The summed E-state index contributed by atoms with van der Waals surface area (Å²) in [4.78, 5) is 33.7. The molecule has 0 radical (unpaired) electrons. The lowest BCUT2D eigenvalue weighted by molar-refractivity contribution is -0.150. The Bertz CT molecular complexity index is 260. The molecule has 0 atom stereocenters. The first kappa shape index (κ1) is 8.64. The summed E-state index contributed by atoms with van der Waals surface area (Å²) >= 11 is 0. The molecule has 3 amide bonds. The number of nitrogens with zero attached hydrogens (tertiary/aromatic N) is 1. The van der Waals surface area contributed by atoms with Crippen LogP contribution in [0, 0.1) is 5.92 Å². The maximum Gasteiger partial charge on any atom is 0.260 e. The van der Waals surface area contributed by atoms with E-state index < -0.39 is 17.7 Å². The monoisotopic (exact) mass is 167 g/mol. The van der Waals surface area contributed by atoms with E-state index in [0.717, 1.165) is 12.2 Å². The van der Waals surface area contributed by atoms with E-state index in [2.05, 4.69) is 0 Å². The minimum absolute atomic E-state index is 0.335. The molecule has 0 bridgehead atoms. The van der Waals surface area contributed by atoms with E-state index in [4.69, 9.17) is 0 Å². The zero-order valence-corrected chi connectivity index (χ0v) is 6.90. The molecule has 1 aliphatic heterocycles. The lowest BCUT2D eigenvalue weighted by Crippen LogP contribution is -2.38. The number of hydrogen-bond acceptors (Lipinski definition) is 3. The van der Waals surface area contributed by atoms with Crippen LogP contribution in [0.1, 0.15) is 13.8 Å². The molecule has 0 aliphatic carbocycles. The summed E-state index contributed by atoms with van der Waals surface area (Å²) in [5.41, 5.74) is 0. The molecule has 0 fully saturated rings. The van der Waals surface area contributed by atoms with E-state index >= 15 is 0 Å². The fraction of sp³-hybridized carbons (Fsp3) is 0.375. The third-order valence-corrected chi connectivity index (χ3v) is 1.52. The summed E-state index contributed by atoms with van der Waals surface area (Å²) < 4.78 is 0. The van der Waals surface area contributed by atoms with Crippen LogP contribution in [-0.2, 0) is 14.4 Å². The summed E-state index contributed by atoms with van der Waals surface area (Å²) in [5, 5.41) is 0. The van der Waals surface area contributed by atoms with Crippen molar-refractivity contribution in [3.05, 3.63) is 12.2 Å². The van der Waals surface area contributed by atoms with Crippen molar-refractivity contribution in [3.8, 4) is 0 Å². The van der Waals surface area contributed by atoms with Crippen LogP contribution in [0.4, 0.5) is 0 Å². The normalized spacial score (nSPS) is 16.4. The Kier molecular flexibility index (Phi) is 2.08. The Morgan fingerprint density at radius 3 is 2.00 bits per heavy atom. The number of imide groups is 3. The molecule has 1 aliphatic rings. The van der Waals surface area contributed by atoms with Gasteiger partial charge in [-0.1, -0.05) is 13.8 Å². The zero-order chi connectivity index (χ0) is 9.30. The van der Waals surface area contributed by atoms with E-state index in [-0.39, 0.29) is 5.92 Å². The molecule has 64 valence electrons. The van der Waals surface area contributed by atoms with Crippen LogP contribution in [0.25, 0.3) is 0 Å². The number of carbonyl (C=O) groups is 3. The highest BCUT2D eigenvalue weighted by atomic mass is 16.2. The van der Waals surface area contributed by atoms with Crippen LogP contribution in [0.3, 0.4) is 0 Å². The Morgan fingerprint density at radius 2 is 1.67 bits per heavy atom. The molecule has 0 N–H and O–H groups in total. The van der Waals surface area contributed by atoms with Gasteiger partial charge in [0.2, 0.25) is 5.91 Å². The topological polar surface area (TPSA) is 54.5 Å². The highest BCUT2D eigenvalue weighted by Crippen LogP contribution is 2.08. The lowest BCUT2D eigenvalue weighted by atomic mass is 10.2. The molecule has 0 spiro atoms. The van der Waals surface area contributed by atoms with Crippen molar-refractivity contribution in [3.63, 3.8) is 0 Å². The molecular formula is C8H9NO3. The predicted octanol–water partition coefficient (Wildman–Crippen LogP) is 0.0940. The molecule has 0 aromatic carbocycles. The summed E-state index contributed by atoms with van der Waals surface area (Å²) in [6.45, 7) is 3.28. The summed E-state index contributed by atoms with van der Waals surface area (Å²) in [7, 11) is 0. The van der Waals surface area contributed by atoms with Crippen molar-refractivity contribution < 1.29 is 14.4 Å². The highest BCUT2D eigenvalue weighted by Gasteiger charge is 2.31. The van der Waals surface area contributed by atoms with Crippen LogP contribution < -0.4 is 0 Å².